The lowest BCUT2D eigenvalue weighted by molar-refractivity contribution is 0.246. The van der Waals surface area contributed by atoms with Crippen molar-refractivity contribution in [2.75, 3.05) is 25.6 Å². The first-order chi connectivity index (χ1) is 11.5. The average molecular weight is 369 g/mol. The van der Waals surface area contributed by atoms with Crippen molar-refractivity contribution in [3.05, 3.63) is 52.0 Å². The van der Waals surface area contributed by atoms with Crippen LogP contribution in [0.15, 0.2) is 36.4 Å². The lowest BCUT2D eigenvalue weighted by atomic mass is 10.2. The van der Waals surface area contributed by atoms with Crippen LogP contribution in [0.5, 0.6) is 11.5 Å². The van der Waals surface area contributed by atoms with Crippen molar-refractivity contribution in [3.8, 4) is 11.5 Å². The maximum absolute atomic E-state index is 11.8. The zero-order valence-electron chi connectivity index (χ0n) is 13.4. The second-order valence-corrected chi connectivity index (χ2v) is 5.91. The number of carbonyl (C=O) groups is 1. The molecule has 0 fully saturated rings. The highest BCUT2D eigenvalue weighted by atomic mass is 35.5. The molecule has 2 N–H and O–H groups in total. The molecule has 0 aromatic heterocycles. The maximum Gasteiger partial charge on any atom is 0.319 e. The Labute approximate surface area is 150 Å². The van der Waals surface area contributed by atoms with Crippen molar-refractivity contribution in [3.63, 3.8) is 0 Å². The summed E-state index contributed by atoms with van der Waals surface area (Å²) in [4.78, 5) is 11.8. The molecule has 0 atom stereocenters. The molecule has 0 aliphatic carbocycles. The van der Waals surface area contributed by atoms with E-state index >= 15 is 0 Å². The molecule has 7 heteroatoms. The molecule has 0 heterocycles. The summed E-state index contributed by atoms with van der Waals surface area (Å²) in [5, 5.41) is 6.24. The highest BCUT2D eigenvalue weighted by molar-refractivity contribution is 6.35. The van der Waals surface area contributed by atoms with Crippen LogP contribution >= 0.6 is 23.2 Å². The van der Waals surface area contributed by atoms with E-state index in [1.807, 2.05) is 25.1 Å². The third-order valence-corrected chi connectivity index (χ3v) is 3.52. The predicted molar refractivity (Wildman–Crippen MR) is 96.7 cm³/mol. The topological polar surface area (TPSA) is 59.6 Å². The Balaban J connectivity index is 1.79. The summed E-state index contributed by atoms with van der Waals surface area (Å²) in [7, 11) is 1.59. The molecule has 0 saturated carbocycles. The number of nitrogens with one attached hydrogen (secondary N) is 2. The van der Waals surface area contributed by atoms with Gasteiger partial charge in [-0.1, -0.05) is 29.3 Å². The molecular weight excluding hydrogens is 351 g/mol. The molecule has 0 bridgehead atoms. The van der Waals surface area contributed by atoms with E-state index in [-0.39, 0.29) is 6.03 Å². The van der Waals surface area contributed by atoms with E-state index in [1.165, 1.54) is 0 Å². The van der Waals surface area contributed by atoms with Gasteiger partial charge in [0.25, 0.3) is 0 Å². The summed E-state index contributed by atoms with van der Waals surface area (Å²) in [6.07, 6.45) is 0. The minimum absolute atomic E-state index is 0.309. The Hall–Kier alpha value is -2.11. The van der Waals surface area contributed by atoms with Crippen molar-refractivity contribution in [2.24, 2.45) is 0 Å². The fourth-order valence-corrected chi connectivity index (χ4v) is 2.55. The number of amides is 2. The fourth-order valence-electron chi connectivity index (χ4n) is 2.02. The number of hydrogen-bond donors (Lipinski definition) is 2. The van der Waals surface area contributed by atoms with Gasteiger partial charge in [-0.15, -0.1) is 0 Å². The number of ether oxygens (including phenoxy) is 2. The molecule has 0 radical (unpaired) electrons. The van der Waals surface area contributed by atoms with Gasteiger partial charge in [-0.3, -0.25) is 0 Å². The van der Waals surface area contributed by atoms with Gasteiger partial charge in [0.15, 0.2) is 11.5 Å². The van der Waals surface area contributed by atoms with Crippen molar-refractivity contribution in [1.82, 2.24) is 5.32 Å². The van der Waals surface area contributed by atoms with E-state index in [9.17, 15) is 4.79 Å². The van der Waals surface area contributed by atoms with Gasteiger partial charge >= 0.3 is 6.03 Å². The number of anilines is 1. The molecule has 5 nitrogen and oxygen atoms in total. The molecule has 2 amide bonds. The van der Waals surface area contributed by atoms with Gasteiger partial charge in [-0.05, 0) is 42.8 Å². The van der Waals surface area contributed by atoms with Crippen molar-refractivity contribution >= 4 is 34.9 Å². The average Bonchev–Trinajstić information content (AvgIpc) is 2.51. The zero-order valence-corrected chi connectivity index (χ0v) is 14.9. The molecule has 0 unspecified atom stereocenters. The zero-order chi connectivity index (χ0) is 17.5. The van der Waals surface area contributed by atoms with Crippen LogP contribution in [0, 0.1) is 6.92 Å². The van der Waals surface area contributed by atoms with Gasteiger partial charge in [0.1, 0.15) is 6.61 Å². The van der Waals surface area contributed by atoms with E-state index < -0.39 is 0 Å². The highest BCUT2D eigenvalue weighted by Crippen LogP contribution is 2.27. The van der Waals surface area contributed by atoms with Crippen molar-refractivity contribution < 1.29 is 14.3 Å². The Kier molecular flexibility index (Phi) is 6.58. The minimum Gasteiger partial charge on any atom is -0.493 e. The first kappa shape index (κ1) is 18.2. The number of rotatable bonds is 6. The van der Waals surface area contributed by atoms with Crippen LogP contribution in [0.2, 0.25) is 10.0 Å². The molecule has 24 heavy (non-hydrogen) atoms. The fraction of sp³-hybridized carbons (Fsp3) is 0.235. The third kappa shape index (κ3) is 5.51. The standard InChI is InChI=1S/C17H18Cl2N2O3/c1-11-3-4-15(16(7-11)23-2)24-6-5-20-17(22)21-14-9-12(18)8-13(19)10-14/h3-4,7-10H,5-6H2,1-2H3,(H2,20,21,22). The summed E-state index contributed by atoms with van der Waals surface area (Å²) in [6, 6.07) is 10.1. The van der Waals surface area contributed by atoms with Crippen LogP contribution in [-0.2, 0) is 0 Å². The first-order valence-electron chi connectivity index (χ1n) is 7.26. The Morgan fingerprint density at radius 2 is 1.79 bits per heavy atom. The normalized spacial score (nSPS) is 10.2. The van der Waals surface area contributed by atoms with E-state index in [4.69, 9.17) is 32.7 Å². The van der Waals surface area contributed by atoms with Crippen LogP contribution in [0.1, 0.15) is 5.56 Å². The lowest BCUT2D eigenvalue weighted by Gasteiger charge is -2.12. The van der Waals surface area contributed by atoms with Gasteiger partial charge in [0, 0.05) is 15.7 Å². The number of urea groups is 1. The Morgan fingerprint density at radius 3 is 2.46 bits per heavy atom. The number of halogens is 2. The quantitative estimate of drug-likeness (QED) is 0.737. The van der Waals surface area contributed by atoms with Crippen molar-refractivity contribution in [2.45, 2.75) is 6.92 Å². The summed E-state index contributed by atoms with van der Waals surface area (Å²) in [5.74, 6) is 1.29. The summed E-state index contributed by atoms with van der Waals surface area (Å²) < 4.78 is 10.9. The monoisotopic (exact) mass is 368 g/mol. The van der Waals surface area contributed by atoms with E-state index in [0.29, 0.717) is 40.4 Å². The largest absolute Gasteiger partial charge is 0.493 e. The van der Waals surface area contributed by atoms with Crippen LogP contribution < -0.4 is 20.1 Å². The number of carbonyl (C=O) groups excluding carboxylic acids is 1. The number of methoxy groups -OCH3 is 1. The Morgan fingerprint density at radius 1 is 1.08 bits per heavy atom. The lowest BCUT2D eigenvalue weighted by Crippen LogP contribution is -2.32. The van der Waals surface area contributed by atoms with Gasteiger partial charge in [-0.2, -0.15) is 0 Å². The van der Waals surface area contributed by atoms with Crippen molar-refractivity contribution in [1.29, 1.82) is 0 Å². The van der Waals surface area contributed by atoms with Gasteiger partial charge in [0.05, 0.1) is 13.7 Å². The molecule has 2 aromatic rings. The van der Waals surface area contributed by atoms with E-state index in [2.05, 4.69) is 10.6 Å². The molecule has 0 aliphatic heterocycles. The van der Waals surface area contributed by atoms with Crippen LogP contribution in [0.3, 0.4) is 0 Å². The number of hydrogen-bond acceptors (Lipinski definition) is 3. The number of aryl methyl sites for hydroxylation is 1. The van der Waals surface area contributed by atoms with Crippen LogP contribution in [-0.4, -0.2) is 26.3 Å². The van der Waals surface area contributed by atoms with Crippen LogP contribution in [0.25, 0.3) is 0 Å². The molecule has 0 spiro atoms. The predicted octanol–water partition coefficient (Wildman–Crippen LogP) is 4.51. The van der Waals surface area contributed by atoms with Gasteiger partial charge in [0.2, 0.25) is 0 Å². The molecule has 0 saturated heterocycles. The molecular formula is C17H18Cl2N2O3. The third-order valence-electron chi connectivity index (χ3n) is 3.08. The van der Waals surface area contributed by atoms with E-state index in [0.717, 1.165) is 5.56 Å². The molecule has 2 rings (SSSR count). The van der Waals surface area contributed by atoms with Gasteiger partial charge in [-0.25, -0.2) is 4.79 Å². The molecule has 128 valence electrons. The molecule has 0 aliphatic rings. The molecule has 2 aromatic carbocycles. The second kappa shape index (κ2) is 8.66. The summed E-state index contributed by atoms with van der Waals surface area (Å²) in [5.41, 5.74) is 1.60. The SMILES string of the molecule is COc1cc(C)ccc1OCCNC(=O)Nc1cc(Cl)cc(Cl)c1. The first-order valence-corrected chi connectivity index (χ1v) is 8.02. The maximum atomic E-state index is 11.8. The minimum atomic E-state index is -0.368. The summed E-state index contributed by atoms with van der Waals surface area (Å²) >= 11 is 11.8. The second-order valence-electron chi connectivity index (χ2n) is 5.04. The number of benzene rings is 2. The van der Waals surface area contributed by atoms with Crippen LogP contribution in [0.4, 0.5) is 10.5 Å². The van der Waals surface area contributed by atoms with Gasteiger partial charge < -0.3 is 20.1 Å². The Bertz CT molecular complexity index is 703. The highest BCUT2D eigenvalue weighted by Gasteiger charge is 2.06. The van der Waals surface area contributed by atoms with E-state index in [1.54, 1.807) is 25.3 Å². The smallest absolute Gasteiger partial charge is 0.319 e. The summed E-state index contributed by atoms with van der Waals surface area (Å²) in [6.45, 7) is 2.61.